The molecule has 5 heteroatoms. The van der Waals surface area contributed by atoms with Crippen LogP contribution in [0.3, 0.4) is 0 Å². The van der Waals surface area contributed by atoms with E-state index in [2.05, 4.69) is 0 Å². The molecule has 0 aromatic heterocycles. The van der Waals surface area contributed by atoms with Crippen LogP contribution in [-0.4, -0.2) is 46.5 Å². The Morgan fingerprint density at radius 1 is 1.33 bits per heavy atom. The average molecular weight is 272 g/mol. The number of ether oxygens (including phenoxy) is 1. The molecule has 0 aliphatic carbocycles. The van der Waals surface area contributed by atoms with Crippen molar-refractivity contribution in [3.8, 4) is 0 Å². The minimum absolute atomic E-state index is 0.227. The molecule has 2 bridgehead atoms. The normalized spacial score (nSPS) is 34.5. The van der Waals surface area contributed by atoms with Crippen LogP contribution in [0.5, 0.6) is 0 Å². The number of allylic oxidation sites excluding steroid dienone is 1. The second-order valence-corrected chi connectivity index (χ2v) is 6.05. The first-order valence-corrected chi connectivity index (χ1v) is 7.61. The summed E-state index contributed by atoms with van der Waals surface area (Å²) in [5.74, 6) is 1.83. The van der Waals surface area contributed by atoms with E-state index in [1.807, 2.05) is 11.8 Å². The number of aliphatic carboxylic acids is 1. The number of hydrogen-bond donors (Lipinski definition) is 2. The summed E-state index contributed by atoms with van der Waals surface area (Å²) in [5, 5.41) is 17.8. The van der Waals surface area contributed by atoms with Gasteiger partial charge in [-0.1, -0.05) is 6.08 Å². The lowest BCUT2D eigenvalue weighted by atomic mass is 9.81. The Labute approximate surface area is 111 Å². The Morgan fingerprint density at radius 3 is 2.72 bits per heavy atom. The monoisotopic (exact) mass is 272 g/mol. The molecular weight excluding hydrogens is 252 g/mol. The Balaban J connectivity index is 1.66. The minimum atomic E-state index is -0.887. The third kappa shape index (κ3) is 3.28. The van der Waals surface area contributed by atoms with E-state index in [-0.39, 0.29) is 12.7 Å². The highest BCUT2D eigenvalue weighted by molar-refractivity contribution is 7.99. The van der Waals surface area contributed by atoms with Crippen LogP contribution >= 0.6 is 11.8 Å². The van der Waals surface area contributed by atoms with Gasteiger partial charge < -0.3 is 14.9 Å². The maximum atomic E-state index is 10.3. The van der Waals surface area contributed by atoms with Crippen LogP contribution in [0.15, 0.2) is 12.2 Å². The molecule has 0 unspecified atom stereocenters. The average Bonchev–Trinajstić information content (AvgIpc) is 2.93. The van der Waals surface area contributed by atoms with E-state index in [9.17, 15) is 9.90 Å². The number of aliphatic hydroxyl groups excluding tert-OH is 1. The first-order chi connectivity index (χ1) is 8.72. The van der Waals surface area contributed by atoms with Crippen LogP contribution < -0.4 is 0 Å². The van der Waals surface area contributed by atoms with Crippen molar-refractivity contribution >= 4 is 17.7 Å². The van der Waals surface area contributed by atoms with Gasteiger partial charge in [0, 0.05) is 24.5 Å². The Hall–Kier alpha value is -0.520. The quantitative estimate of drug-likeness (QED) is 0.543. The fourth-order valence-electron chi connectivity index (χ4n) is 2.91. The van der Waals surface area contributed by atoms with Crippen molar-refractivity contribution in [1.82, 2.24) is 0 Å². The molecule has 0 aromatic carbocycles. The topological polar surface area (TPSA) is 66.8 Å². The smallest absolute Gasteiger partial charge is 0.327 e. The van der Waals surface area contributed by atoms with E-state index >= 15 is 0 Å². The number of aliphatic hydroxyl groups is 1. The highest BCUT2D eigenvalue weighted by atomic mass is 32.2. The van der Waals surface area contributed by atoms with Gasteiger partial charge in [-0.3, -0.25) is 0 Å². The van der Waals surface area contributed by atoms with Gasteiger partial charge in [0.2, 0.25) is 0 Å². The summed E-state index contributed by atoms with van der Waals surface area (Å²) >= 11 is 1.83. The van der Waals surface area contributed by atoms with Gasteiger partial charge in [0.15, 0.2) is 0 Å². The van der Waals surface area contributed by atoms with Crippen LogP contribution in [0.25, 0.3) is 0 Å². The number of rotatable bonds is 7. The van der Waals surface area contributed by atoms with Crippen molar-refractivity contribution in [2.24, 2.45) is 11.8 Å². The molecule has 0 saturated carbocycles. The van der Waals surface area contributed by atoms with E-state index in [1.54, 1.807) is 6.08 Å². The number of fused-ring (bicyclic) bond motifs is 2. The third-order valence-corrected chi connectivity index (χ3v) is 4.95. The van der Waals surface area contributed by atoms with Gasteiger partial charge in [-0.2, -0.15) is 11.8 Å². The Bertz CT molecular complexity index is 318. The molecule has 102 valence electrons. The fraction of sp³-hybridized carbons (Fsp3) is 0.769. The van der Waals surface area contributed by atoms with Gasteiger partial charge in [-0.05, 0) is 30.8 Å². The van der Waals surface area contributed by atoms with Crippen molar-refractivity contribution in [2.75, 3.05) is 18.1 Å². The summed E-state index contributed by atoms with van der Waals surface area (Å²) in [6.45, 7) is 0.227. The molecule has 2 N–H and O–H groups in total. The van der Waals surface area contributed by atoms with Gasteiger partial charge in [0.05, 0.1) is 12.2 Å². The van der Waals surface area contributed by atoms with Crippen LogP contribution in [0, 0.1) is 11.8 Å². The largest absolute Gasteiger partial charge is 0.478 e. The number of carboxylic acid groups (broad SMARTS) is 1. The number of carbonyl (C=O) groups is 1. The third-order valence-electron chi connectivity index (χ3n) is 3.80. The lowest BCUT2D eigenvalue weighted by molar-refractivity contribution is -0.131. The molecule has 4 atom stereocenters. The summed E-state index contributed by atoms with van der Waals surface area (Å²) in [7, 11) is 0. The van der Waals surface area contributed by atoms with E-state index in [0.717, 1.165) is 30.8 Å². The molecule has 2 fully saturated rings. The highest BCUT2D eigenvalue weighted by Crippen LogP contribution is 2.44. The van der Waals surface area contributed by atoms with Crippen LogP contribution in [-0.2, 0) is 9.53 Å². The van der Waals surface area contributed by atoms with E-state index in [0.29, 0.717) is 17.9 Å². The molecule has 2 aliphatic heterocycles. The Morgan fingerprint density at radius 2 is 2.06 bits per heavy atom. The van der Waals surface area contributed by atoms with Crippen molar-refractivity contribution in [3.63, 3.8) is 0 Å². The maximum absolute atomic E-state index is 10.3. The van der Waals surface area contributed by atoms with Crippen molar-refractivity contribution in [2.45, 2.75) is 31.5 Å². The summed E-state index contributed by atoms with van der Waals surface area (Å²) < 4.78 is 5.83. The standard InChI is InChI=1S/C13H20O4S/c14-7-9-10(12-5-4-11(9)17-12)8-18-6-2-1-3-13(15)16/h1,3,9-12,14H,2,4-8H2,(H,15,16)/b3-1+/t9-,10+,11-,12+/m0/s1. The lowest BCUT2D eigenvalue weighted by Crippen LogP contribution is -2.31. The molecule has 2 heterocycles. The zero-order valence-electron chi connectivity index (χ0n) is 10.3. The number of hydrogen-bond acceptors (Lipinski definition) is 4. The van der Waals surface area contributed by atoms with Gasteiger partial charge >= 0.3 is 5.97 Å². The minimum Gasteiger partial charge on any atom is -0.478 e. The lowest BCUT2D eigenvalue weighted by Gasteiger charge is -2.25. The molecule has 18 heavy (non-hydrogen) atoms. The summed E-state index contributed by atoms with van der Waals surface area (Å²) in [4.78, 5) is 10.3. The molecule has 2 saturated heterocycles. The second-order valence-electron chi connectivity index (χ2n) is 4.90. The molecule has 0 radical (unpaired) electrons. The van der Waals surface area contributed by atoms with Crippen molar-refractivity contribution in [1.29, 1.82) is 0 Å². The van der Waals surface area contributed by atoms with Crippen molar-refractivity contribution in [3.05, 3.63) is 12.2 Å². The SMILES string of the molecule is O=C(O)/C=C/CCSC[C@@H]1[C@H](CO)[C@@H]2CC[C@H]1O2. The molecule has 2 rings (SSSR count). The predicted octanol–water partition coefficient (Wildman–Crippen LogP) is 1.54. The Kier molecular flexibility index (Phi) is 5.09. The first kappa shape index (κ1) is 13.9. The maximum Gasteiger partial charge on any atom is 0.327 e. The first-order valence-electron chi connectivity index (χ1n) is 6.46. The van der Waals surface area contributed by atoms with E-state index < -0.39 is 5.97 Å². The van der Waals surface area contributed by atoms with E-state index in [4.69, 9.17) is 9.84 Å². The molecule has 0 spiro atoms. The van der Waals surface area contributed by atoms with Gasteiger partial charge in [0.25, 0.3) is 0 Å². The molecular formula is C13H20O4S. The molecule has 4 nitrogen and oxygen atoms in total. The highest BCUT2D eigenvalue weighted by Gasteiger charge is 2.47. The second kappa shape index (κ2) is 6.59. The van der Waals surface area contributed by atoms with E-state index in [1.165, 1.54) is 6.08 Å². The van der Waals surface area contributed by atoms with Crippen LogP contribution in [0.1, 0.15) is 19.3 Å². The summed E-state index contributed by atoms with van der Waals surface area (Å²) in [6.07, 6.45) is 6.51. The zero-order chi connectivity index (χ0) is 13.0. The molecule has 0 aromatic rings. The fourth-order valence-corrected chi connectivity index (χ4v) is 4.11. The zero-order valence-corrected chi connectivity index (χ0v) is 11.1. The predicted molar refractivity (Wildman–Crippen MR) is 70.7 cm³/mol. The van der Waals surface area contributed by atoms with Crippen LogP contribution in [0.2, 0.25) is 0 Å². The molecule has 0 amide bonds. The number of carboxylic acids is 1. The van der Waals surface area contributed by atoms with Gasteiger partial charge in [-0.25, -0.2) is 4.79 Å². The van der Waals surface area contributed by atoms with Crippen LogP contribution in [0.4, 0.5) is 0 Å². The summed E-state index contributed by atoms with van der Waals surface area (Å²) in [5.41, 5.74) is 0. The molecule has 2 aliphatic rings. The van der Waals surface area contributed by atoms with Gasteiger partial charge in [-0.15, -0.1) is 0 Å². The van der Waals surface area contributed by atoms with Crippen molar-refractivity contribution < 1.29 is 19.7 Å². The van der Waals surface area contributed by atoms with Gasteiger partial charge in [0.1, 0.15) is 0 Å². The number of thioether (sulfide) groups is 1. The summed E-state index contributed by atoms with van der Waals surface area (Å²) in [6, 6.07) is 0.